The summed E-state index contributed by atoms with van der Waals surface area (Å²) in [6.45, 7) is 2.02. The number of phenolic OH excluding ortho intramolecular Hbond substituents is 1. The fourth-order valence-corrected chi connectivity index (χ4v) is 10.7. The largest absolute Gasteiger partial charge is 0.508 e. The molecule has 0 spiro atoms. The van der Waals surface area contributed by atoms with E-state index in [2.05, 4.69) is 4.98 Å². The molecule has 0 radical (unpaired) electrons. The van der Waals surface area contributed by atoms with Gasteiger partial charge in [0.25, 0.3) is 0 Å². The molecule has 1 aromatic heterocycles. The van der Waals surface area contributed by atoms with Crippen molar-refractivity contribution in [1.82, 2.24) is 4.98 Å². The van der Waals surface area contributed by atoms with E-state index in [1.54, 1.807) is 49.0 Å². The Morgan fingerprint density at radius 3 is 2.53 bits per heavy atom. The smallest absolute Gasteiger partial charge is 0.338 e. The summed E-state index contributed by atoms with van der Waals surface area (Å²) >= 11 is 8.78. The Balaban J connectivity index is 1.26. The molecular formula is C28H24N2O5S3. The molecule has 7 nitrogen and oxygen atoms in total. The standard InChI is InChI=1S/C28H24N2O5S3/c1-2-35-27(34)12-7-9-13(10-8-12)30-25(32)20-15-11-16(21(20)26(30)33)22-19(15)18(14-5-3-4-6-17(14)31)23-24(37-22)29-28(36)38-23/h3-10,15-16,18-22,31H,2,11H2,1H3,(H,29,36). The number of carbonyl (C=O) groups is 3. The lowest BCUT2D eigenvalue weighted by Gasteiger charge is -2.43. The summed E-state index contributed by atoms with van der Waals surface area (Å²) in [5.41, 5.74) is 1.71. The number of ether oxygens (including phenoxy) is 1. The fourth-order valence-electron chi connectivity index (χ4n) is 7.33. The summed E-state index contributed by atoms with van der Waals surface area (Å²) in [7, 11) is 0. The predicted octanol–water partition coefficient (Wildman–Crippen LogP) is 5.37. The van der Waals surface area contributed by atoms with Crippen LogP contribution in [0.2, 0.25) is 0 Å². The number of H-pyrrole nitrogens is 1. The second-order valence-corrected chi connectivity index (χ2v) is 13.2. The number of phenols is 1. The maximum atomic E-state index is 13.9. The summed E-state index contributed by atoms with van der Waals surface area (Å²) in [6, 6.07) is 13.9. The van der Waals surface area contributed by atoms with Gasteiger partial charge >= 0.3 is 5.97 Å². The molecule has 2 aliphatic carbocycles. The number of aromatic nitrogens is 1. The van der Waals surface area contributed by atoms with Crippen LogP contribution < -0.4 is 4.90 Å². The molecule has 2 N–H and O–H groups in total. The Morgan fingerprint density at radius 2 is 1.82 bits per heavy atom. The van der Waals surface area contributed by atoms with E-state index < -0.39 is 5.97 Å². The number of nitrogens with zero attached hydrogens (tertiary/aromatic N) is 1. The zero-order valence-corrected chi connectivity index (χ0v) is 22.8. The van der Waals surface area contributed by atoms with Gasteiger partial charge in [0.05, 0.1) is 34.7 Å². The lowest BCUT2D eigenvalue weighted by molar-refractivity contribution is -0.123. The average Bonchev–Trinajstić information content (AvgIpc) is 3.64. The van der Waals surface area contributed by atoms with Crippen LogP contribution in [0.25, 0.3) is 0 Å². The monoisotopic (exact) mass is 564 g/mol. The van der Waals surface area contributed by atoms with Crippen LogP contribution in [0.15, 0.2) is 53.6 Å². The number of aromatic hydroxyl groups is 1. The molecule has 4 aliphatic rings. The highest BCUT2D eigenvalue weighted by molar-refractivity contribution is 8.00. The highest BCUT2D eigenvalue weighted by atomic mass is 32.2. The highest BCUT2D eigenvalue weighted by Crippen LogP contribution is 2.69. The average molecular weight is 565 g/mol. The molecule has 2 saturated carbocycles. The van der Waals surface area contributed by atoms with E-state index in [1.165, 1.54) is 16.2 Å². The van der Waals surface area contributed by atoms with Crippen LogP contribution in [-0.2, 0) is 14.3 Å². The summed E-state index contributed by atoms with van der Waals surface area (Å²) < 4.78 is 5.75. The molecular weight excluding hydrogens is 541 g/mol. The first-order chi connectivity index (χ1) is 18.4. The Hall–Kier alpha value is -2.95. The number of thiazole rings is 1. The molecule has 10 heteroatoms. The Kier molecular flexibility index (Phi) is 5.58. The van der Waals surface area contributed by atoms with Gasteiger partial charge in [-0.1, -0.05) is 18.2 Å². The zero-order valence-electron chi connectivity index (χ0n) is 20.3. The quantitative estimate of drug-likeness (QED) is 0.250. The number of hydrogen-bond donors (Lipinski definition) is 2. The number of nitrogens with one attached hydrogen (secondary N) is 1. The topological polar surface area (TPSA) is 99.7 Å². The second kappa shape index (κ2) is 8.79. The number of thioether (sulfide) groups is 1. The van der Waals surface area contributed by atoms with Crippen molar-refractivity contribution in [3.63, 3.8) is 0 Å². The van der Waals surface area contributed by atoms with E-state index >= 15 is 0 Å². The molecule has 1 saturated heterocycles. The fraction of sp³-hybridized carbons (Fsp3) is 0.357. The zero-order chi connectivity index (χ0) is 26.3. The summed E-state index contributed by atoms with van der Waals surface area (Å²) in [5, 5.41) is 12.0. The normalized spacial score (nSPS) is 30.8. The molecule has 7 rings (SSSR count). The minimum atomic E-state index is -0.434. The van der Waals surface area contributed by atoms with Crippen LogP contribution >= 0.6 is 35.3 Å². The SMILES string of the molecule is CCOC(=O)c1ccc(N2C(=O)C3C4CC(C3C2=O)C2C(c3ccccc3O)c3sc(=S)[nH]c3SC42)cc1. The minimum absolute atomic E-state index is 0.0242. The number of benzene rings is 2. The Bertz CT molecular complexity index is 1550. The van der Waals surface area contributed by atoms with E-state index in [0.717, 1.165) is 21.9 Å². The van der Waals surface area contributed by atoms with Crippen molar-refractivity contribution in [2.75, 3.05) is 11.5 Å². The van der Waals surface area contributed by atoms with E-state index in [9.17, 15) is 19.5 Å². The number of imide groups is 1. The van der Waals surface area contributed by atoms with E-state index in [0.29, 0.717) is 15.2 Å². The van der Waals surface area contributed by atoms with Crippen LogP contribution in [0, 0.1) is 33.5 Å². The number of esters is 1. The number of para-hydroxylation sites is 1. The molecule has 2 bridgehead atoms. The molecule has 3 aromatic rings. The van der Waals surface area contributed by atoms with Crippen molar-refractivity contribution in [2.24, 2.45) is 29.6 Å². The van der Waals surface area contributed by atoms with Crippen LogP contribution in [0.3, 0.4) is 0 Å². The molecule has 7 unspecified atom stereocenters. The maximum Gasteiger partial charge on any atom is 0.338 e. The first-order valence-electron chi connectivity index (χ1n) is 12.7. The summed E-state index contributed by atoms with van der Waals surface area (Å²) in [5.74, 6) is -1.16. The maximum absolute atomic E-state index is 13.9. The van der Waals surface area contributed by atoms with Crippen LogP contribution in [0.4, 0.5) is 5.69 Å². The van der Waals surface area contributed by atoms with Crippen molar-refractivity contribution >= 4 is 58.8 Å². The third-order valence-corrected chi connectivity index (χ3v) is 11.6. The van der Waals surface area contributed by atoms with Crippen molar-refractivity contribution in [3.05, 3.63) is 68.5 Å². The van der Waals surface area contributed by atoms with Crippen molar-refractivity contribution in [1.29, 1.82) is 0 Å². The lowest BCUT2D eigenvalue weighted by Crippen LogP contribution is -2.42. The van der Waals surface area contributed by atoms with Gasteiger partial charge in [0, 0.05) is 21.6 Å². The first kappa shape index (κ1) is 24.1. The molecule has 2 amide bonds. The number of anilines is 1. The number of amides is 2. The molecule has 194 valence electrons. The Labute approximate surface area is 232 Å². The van der Waals surface area contributed by atoms with Crippen LogP contribution in [0.1, 0.15) is 40.1 Å². The second-order valence-electron chi connectivity index (χ2n) is 10.3. The van der Waals surface area contributed by atoms with Gasteiger partial charge in [-0.25, -0.2) is 4.79 Å². The molecule has 38 heavy (non-hydrogen) atoms. The van der Waals surface area contributed by atoms with E-state index in [4.69, 9.17) is 17.0 Å². The van der Waals surface area contributed by atoms with E-state index in [1.807, 2.05) is 18.2 Å². The third-order valence-electron chi connectivity index (χ3n) is 8.63. The van der Waals surface area contributed by atoms with Crippen LogP contribution in [0.5, 0.6) is 5.75 Å². The minimum Gasteiger partial charge on any atom is -0.508 e. The van der Waals surface area contributed by atoms with Gasteiger partial charge in [0.2, 0.25) is 11.8 Å². The van der Waals surface area contributed by atoms with Crippen molar-refractivity contribution in [3.8, 4) is 5.75 Å². The van der Waals surface area contributed by atoms with Gasteiger partial charge in [0.1, 0.15) is 5.75 Å². The Morgan fingerprint density at radius 1 is 1.11 bits per heavy atom. The number of aromatic amines is 1. The van der Waals surface area contributed by atoms with Gasteiger partial charge in [0.15, 0.2) is 3.95 Å². The molecule has 3 fully saturated rings. The van der Waals surface area contributed by atoms with Gasteiger partial charge in [-0.3, -0.25) is 14.5 Å². The lowest BCUT2D eigenvalue weighted by atomic mass is 9.68. The summed E-state index contributed by atoms with van der Waals surface area (Å²) in [6.07, 6.45) is 0.824. The van der Waals surface area contributed by atoms with Gasteiger partial charge < -0.3 is 14.8 Å². The number of fused-ring (bicyclic) bond motifs is 9. The molecule has 2 aliphatic heterocycles. The molecule has 2 aromatic carbocycles. The van der Waals surface area contributed by atoms with Crippen molar-refractivity contribution in [2.45, 2.75) is 29.5 Å². The molecule has 3 heterocycles. The van der Waals surface area contributed by atoms with Crippen LogP contribution in [-0.4, -0.2) is 39.7 Å². The molecule has 7 atom stereocenters. The summed E-state index contributed by atoms with van der Waals surface area (Å²) in [4.78, 5) is 45.5. The first-order valence-corrected chi connectivity index (χ1v) is 14.8. The van der Waals surface area contributed by atoms with Gasteiger partial charge in [-0.15, -0.1) is 23.1 Å². The van der Waals surface area contributed by atoms with Gasteiger partial charge in [-0.2, -0.15) is 0 Å². The van der Waals surface area contributed by atoms with Crippen molar-refractivity contribution < 1.29 is 24.2 Å². The number of hydrogen-bond acceptors (Lipinski definition) is 8. The number of rotatable bonds is 4. The number of carbonyl (C=O) groups excluding carboxylic acids is 3. The highest BCUT2D eigenvalue weighted by Gasteiger charge is 2.69. The van der Waals surface area contributed by atoms with Gasteiger partial charge in [-0.05, 0) is 73.6 Å². The van der Waals surface area contributed by atoms with E-state index in [-0.39, 0.29) is 64.9 Å². The predicted molar refractivity (Wildman–Crippen MR) is 146 cm³/mol. The third kappa shape index (κ3) is 3.32.